The third-order valence-corrected chi connectivity index (χ3v) is 61.9. The molecule has 0 radical (unpaired) electrons. The molecule has 2 aliphatic carbocycles. The van der Waals surface area contributed by atoms with Gasteiger partial charge in [0.2, 0.25) is 0 Å². The Labute approximate surface area is 256 Å². The zero-order chi connectivity index (χ0) is 30.3. The molecule has 0 saturated carbocycles. The summed E-state index contributed by atoms with van der Waals surface area (Å²) in [7, 11) is 15.4. The van der Waals surface area contributed by atoms with E-state index in [-0.39, 0.29) is 11.1 Å². The van der Waals surface area contributed by atoms with E-state index in [4.69, 9.17) is 17.0 Å². The SMILES string of the molecule is C[SiH](C)[Zr]([Cl])([Cl])([CH]1C(C(F)(F)F)=Cc2c(-c3cccs3)cccc21)[CH]1C(C(F)(F)F)=Cc2c(-c3cccs3)cccc21. The van der Waals surface area contributed by atoms with E-state index >= 15 is 26.3 Å². The standard InChI is InChI=1S/2C14H8F3S.C2H7Si.2ClH.Zr/c2*15-14(16,17)10-7-9-3-1-4-11(12(9)8-10)13-5-2-6-18-13;1-3-2;;;/h2*1-8H;3H,1-2H3;2*1H;/q;;;;;+2/p-2. The molecular formula is C30H23Cl2F6S2SiZr. The number of hydrogen-bond acceptors (Lipinski definition) is 2. The number of benzene rings is 2. The average Bonchev–Trinajstić information content (AvgIpc) is 3.71. The summed E-state index contributed by atoms with van der Waals surface area (Å²) in [5, 5.41) is 3.65. The number of fused-ring (bicyclic) bond motifs is 2. The van der Waals surface area contributed by atoms with Gasteiger partial charge in [0.15, 0.2) is 0 Å². The van der Waals surface area contributed by atoms with E-state index in [1.54, 1.807) is 61.6 Å². The Balaban J connectivity index is 1.67. The van der Waals surface area contributed by atoms with Crippen molar-refractivity contribution in [3.63, 3.8) is 0 Å². The Morgan fingerprint density at radius 2 is 1.05 bits per heavy atom. The number of alkyl halides is 6. The second-order valence-corrected chi connectivity index (χ2v) is 55.4. The fraction of sp³-hybridized carbons (Fsp3) is 0.200. The molecule has 219 valence electrons. The van der Waals surface area contributed by atoms with Crippen LogP contribution >= 0.6 is 39.7 Å². The van der Waals surface area contributed by atoms with Crippen molar-refractivity contribution in [3.8, 4) is 20.9 Å². The van der Waals surface area contributed by atoms with Gasteiger partial charge in [-0.25, -0.2) is 0 Å². The molecule has 42 heavy (non-hydrogen) atoms. The van der Waals surface area contributed by atoms with Crippen molar-refractivity contribution in [2.75, 3.05) is 0 Å². The molecule has 0 nitrogen and oxygen atoms in total. The summed E-state index contributed by atoms with van der Waals surface area (Å²) in [5.41, 5.74) is 0.491. The van der Waals surface area contributed by atoms with Crippen molar-refractivity contribution in [3.05, 3.63) is 105 Å². The molecule has 0 N–H and O–H groups in total. The fourth-order valence-electron chi connectivity index (χ4n) is 6.61. The van der Waals surface area contributed by atoms with E-state index in [0.717, 1.165) is 21.9 Å². The van der Waals surface area contributed by atoms with Crippen molar-refractivity contribution in [1.82, 2.24) is 0 Å². The summed E-state index contributed by atoms with van der Waals surface area (Å²) in [6.07, 6.45) is -7.53. The number of thiophene rings is 2. The first-order valence-electron chi connectivity index (χ1n) is 13.1. The van der Waals surface area contributed by atoms with Crippen molar-refractivity contribution < 1.29 is 41.9 Å². The quantitative estimate of drug-likeness (QED) is 0.141. The molecule has 0 aliphatic heterocycles. The Hall–Kier alpha value is -1.42. The average molecular weight is 752 g/mol. The summed E-state index contributed by atoms with van der Waals surface area (Å²) in [4.78, 5) is 1.52. The third-order valence-electron chi connectivity index (χ3n) is 8.56. The molecule has 0 bridgehead atoms. The summed E-state index contributed by atoms with van der Waals surface area (Å²) in [5.74, 6) is -2.65. The van der Waals surface area contributed by atoms with Crippen molar-refractivity contribution in [2.24, 2.45) is 0 Å². The monoisotopic (exact) mass is 749 g/mol. The first-order chi connectivity index (χ1) is 19.6. The Kier molecular flexibility index (Phi) is 7.51. The molecule has 4 aromatic rings. The maximum atomic E-state index is 15.0. The van der Waals surface area contributed by atoms with E-state index in [9.17, 15) is 0 Å². The van der Waals surface area contributed by atoms with Crippen molar-refractivity contribution in [1.29, 1.82) is 0 Å². The topological polar surface area (TPSA) is 0 Å². The van der Waals surface area contributed by atoms with Gasteiger partial charge in [-0.2, -0.15) is 0 Å². The van der Waals surface area contributed by atoms with Crippen LogP contribution in [0, 0.1) is 0 Å². The van der Waals surface area contributed by atoms with Gasteiger partial charge in [-0.1, -0.05) is 0 Å². The normalized spacial score (nSPS) is 19.7. The molecule has 12 heteroatoms. The number of allylic oxidation sites excluding steroid dienone is 2. The Morgan fingerprint density at radius 3 is 1.36 bits per heavy atom. The van der Waals surface area contributed by atoms with Crippen molar-refractivity contribution in [2.45, 2.75) is 32.7 Å². The van der Waals surface area contributed by atoms with Crippen LogP contribution in [-0.4, -0.2) is 18.3 Å². The summed E-state index contributed by atoms with van der Waals surface area (Å²) < 4.78 is 86.9. The Bertz CT molecular complexity index is 1620. The third kappa shape index (κ3) is 4.62. The van der Waals surface area contributed by atoms with Crippen LogP contribution < -0.4 is 0 Å². The van der Waals surface area contributed by atoms with Gasteiger partial charge in [0.05, 0.1) is 0 Å². The van der Waals surface area contributed by atoms with Crippen LogP contribution in [0.1, 0.15) is 29.5 Å². The van der Waals surface area contributed by atoms with E-state index in [1.807, 2.05) is 22.9 Å². The molecule has 2 aromatic carbocycles. The summed E-state index contributed by atoms with van der Waals surface area (Å²) >= 11 is -3.57. The van der Waals surface area contributed by atoms with Gasteiger partial charge in [0.25, 0.3) is 0 Å². The number of hydrogen-bond donors (Lipinski definition) is 0. The molecule has 0 fully saturated rings. The zero-order valence-corrected chi connectivity index (χ0v) is 28.9. The summed E-state index contributed by atoms with van der Waals surface area (Å²) in [6, 6.07) is 17.1. The van der Waals surface area contributed by atoms with Gasteiger partial charge in [-0.05, 0) is 0 Å². The molecule has 2 aliphatic rings. The molecule has 0 spiro atoms. The second-order valence-electron chi connectivity index (χ2n) is 11.0. The van der Waals surface area contributed by atoms with Crippen LogP contribution in [0.15, 0.2) is 82.6 Å². The van der Waals surface area contributed by atoms with Gasteiger partial charge < -0.3 is 0 Å². The van der Waals surface area contributed by atoms with E-state index in [2.05, 4.69) is 0 Å². The van der Waals surface area contributed by atoms with Crippen LogP contribution in [0.5, 0.6) is 0 Å². The van der Waals surface area contributed by atoms with Crippen molar-refractivity contribution >= 4 is 57.8 Å². The van der Waals surface area contributed by atoms with E-state index < -0.39 is 52.2 Å². The van der Waals surface area contributed by atoms with Crippen LogP contribution in [-0.2, 0) is 15.6 Å². The fourth-order valence-corrected chi connectivity index (χ4v) is 38.2. The van der Waals surface area contributed by atoms with Gasteiger partial charge in [-0.3, -0.25) is 0 Å². The molecule has 0 saturated heterocycles. The molecular weight excluding hydrogens is 729 g/mol. The number of halogens is 8. The molecule has 2 heterocycles. The summed E-state index contributed by atoms with van der Waals surface area (Å²) in [6.45, 7) is 3.44. The van der Waals surface area contributed by atoms with E-state index in [0.29, 0.717) is 22.3 Å². The first-order valence-corrected chi connectivity index (χ1v) is 31.2. The van der Waals surface area contributed by atoms with E-state index in [1.165, 1.54) is 22.7 Å². The predicted molar refractivity (Wildman–Crippen MR) is 164 cm³/mol. The van der Waals surface area contributed by atoms with Crippen LogP contribution in [0.25, 0.3) is 33.0 Å². The van der Waals surface area contributed by atoms with Gasteiger partial charge in [0, 0.05) is 0 Å². The molecule has 2 aromatic heterocycles. The van der Waals surface area contributed by atoms with Crippen LogP contribution in [0.3, 0.4) is 0 Å². The maximum absolute atomic E-state index is 15.0. The second kappa shape index (κ2) is 10.3. The van der Waals surface area contributed by atoms with Crippen LogP contribution in [0.4, 0.5) is 26.3 Å². The predicted octanol–water partition coefficient (Wildman–Crippen LogP) is 11.8. The molecule has 2 atom stereocenters. The minimum absolute atomic E-state index is 0.273. The minimum atomic E-state index is -6.33. The molecule has 0 amide bonds. The zero-order valence-electron chi connectivity index (χ0n) is 22.2. The van der Waals surface area contributed by atoms with Gasteiger partial charge in [0.1, 0.15) is 0 Å². The molecule has 2 unspecified atom stereocenters. The van der Waals surface area contributed by atoms with Crippen LogP contribution in [0.2, 0.25) is 13.1 Å². The van der Waals surface area contributed by atoms with Gasteiger partial charge in [-0.15, -0.1) is 0 Å². The first kappa shape index (κ1) is 30.6. The Morgan fingerprint density at radius 1 is 0.643 bits per heavy atom. The van der Waals surface area contributed by atoms with Gasteiger partial charge >= 0.3 is 258 Å². The number of rotatable bonds is 5. The molecule has 6 rings (SSSR count).